The largest absolute Gasteiger partial charge is 0.487 e. The van der Waals surface area contributed by atoms with Crippen molar-refractivity contribution >= 4 is 5.78 Å². The maximum atomic E-state index is 13.7. The molecular weight excluding hydrogens is 368 g/mol. The minimum atomic E-state index is -0.809. The van der Waals surface area contributed by atoms with Gasteiger partial charge in [0.1, 0.15) is 23.9 Å². The molecule has 3 heterocycles. The van der Waals surface area contributed by atoms with Crippen LogP contribution in [0.25, 0.3) is 0 Å². The second-order valence-electron chi connectivity index (χ2n) is 6.88. The van der Waals surface area contributed by atoms with Gasteiger partial charge in [-0.3, -0.25) is 14.6 Å². The van der Waals surface area contributed by atoms with Crippen LogP contribution in [0.4, 0.5) is 8.78 Å². The SMILES string of the molecule is CC(=O)[C@H]1C[C@@H](n2c(C)cc(OCc3ncc(F)cc3F)cc2=O)C(C)=CN1. The molecule has 2 aromatic rings. The lowest BCUT2D eigenvalue weighted by Crippen LogP contribution is -2.41. The highest BCUT2D eigenvalue weighted by molar-refractivity contribution is 5.81. The molecule has 1 aliphatic rings. The van der Waals surface area contributed by atoms with Gasteiger partial charge in [-0.1, -0.05) is 0 Å². The Morgan fingerprint density at radius 3 is 2.71 bits per heavy atom. The minimum absolute atomic E-state index is 0.00762. The normalized spacial score (nSPS) is 19.0. The van der Waals surface area contributed by atoms with Crippen molar-refractivity contribution in [1.29, 1.82) is 0 Å². The van der Waals surface area contributed by atoms with Crippen molar-refractivity contribution in [2.24, 2.45) is 0 Å². The van der Waals surface area contributed by atoms with Crippen LogP contribution in [-0.4, -0.2) is 21.4 Å². The van der Waals surface area contributed by atoms with Crippen LogP contribution in [0.1, 0.15) is 37.7 Å². The van der Waals surface area contributed by atoms with Gasteiger partial charge in [0.05, 0.1) is 18.3 Å². The van der Waals surface area contributed by atoms with Crippen LogP contribution in [0, 0.1) is 18.6 Å². The molecule has 2 atom stereocenters. The average Bonchev–Trinajstić information content (AvgIpc) is 2.61. The summed E-state index contributed by atoms with van der Waals surface area (Å²) in [6.45, 7) is 4.95. The minimum Gasteiger partial charge on any atom is -0.487 e. The van der Waals surface area contributed by atoms with E-state index in [0.717, 1.165) is 17.8 Å². The molecule has 3 rings (SSSR count). The Labute approximate surface area is 160 Å². The topological polar surface area (TPSA) is 73.2 Å². The Balaban J connectivity index is 1.83. The fraction of sp³-hybridized carbons (Fsp3) is 0.350. The van der Waals surface area contributed by atoms with E-state index in [4.69, 9.17) is 4.74 Å². The third-order valence-corrected chi connectivity index (χ3v) is 4.79. The number of hydrogen-bond donors (Lipinski definition) is 1. The second kappa shape index (κ2) is 7.92. The van der Waals surface area contributed by atoms with E-state index in [9.17, 15) is 18.4 Å². The molecule has 0 saturated carbocycles. The monoisotopic (exact) mass is 389 g/mol. The molecule has 0 spiro atoms. The molecule has 0 bridgehead atoms. The predicted molar refractivity (Wildman–Crippen MR) is 98.9 cm³/mol. The Kier molecular flexibility index (Phi) is 5.58. The fourth-order valence-electron chi connectivity index (χ4n) is 3.26. The number of carbonyl (C=O) groups is 1. The maximum Gasteiger partial charge on any atom is 0.255 e. The van der Waals surface area contributed by atoms with Gasteiger partial charge >= 0.3 is 0 Å². The number of ether oxygens (including phenoxy) is 1. The van der Waals surface area contributed by atoms with Crippen molar-refractivity contribution in [3.8, 4) is 5.75 Å². The summed E-state index contributed by atoms with van der Waals surface area (Å²) in [4.78, 5) is 28.1. The Bertz CT molecular complexity index is 1000. The molecule has 1 aliphatic heterocycles. The summed E-state index contributed by atoms with van der Waals surface area (Å²) >= 11 is 0. The molecule has 28 heavy (non-hydrogen) atoms. The van der Waals surface area contributed by atoms with Crippen LogP contribution in [0.5, 0.6) is 5.75 Å². The van der Waals surface area contributed by atoms with Gasteiger partial charge < -0.3 is 14.6 Å². The number of pyridine rings is 2. The summed E-state index contributed by atoms with van der Waals surface area (Å²) in [5, 5.41) is 3.05. The number of rotatable bonds is 5. The summed E-state index contributed by atoms with van der Waals surface area (Å²) in [6.07, 6.45) is 3.14. The molecule has 0 unspecified atom stereocenters. The van der Waals surface area contributed by atoms with Gasteiger partial charge in [-0.2, -0.15) is 0 Å². The number of carbonyl (C=O) groups excluding carboxylic acids is 1. The highest BCUT2D eigenvalue weighted by Crippen LogP contribution is 2.27. The summed E-state index contributed by atoms with van der Waals surface area (Å²) in [7, 11) is 0. The lowest BCUT2D eigenvalue weighted by atomic mass is 9.94. The van der Waals surface area contributed by atoms with Crippen LogP contribution in [-0.2, 0) is 11.4 Å². The molecule has 2 aromatic heterocycles. The second-order valence-corrected chi connectivity index (χ2v) is 6.88. The Morgan fingerprint density at radius 2 is 2.07 bits per heavy atom. The molecular formula is C20H21F2N3O3. The van der Waals surface area contributed by atoms with Crippen LogP contribution >= 0.6 is 0 Å². The molecule has 1 N–H and O–H groups in total. The van der Waals surface area contributed by atoms with Crippen LogP contribution < -0.4 is 15.6 Å². The summed E-state index contributed by atoms with van der Waals surface area (Å²) in [5.74, 6) is -1.30. The highest BCUT2D eigenvalue weighted by Gasteiger charge is 2.27. The molecule has 6 nitrogen and oxygen atoms in total. The third kappa shape index (κ3) is 4.11. The Morgan fingerprint density at radius 1 is 1.32 bits per heavy atom. The summed E-state index contributed by atoms with van der Waals surface area (Å²) in [5.41, 5.74) is 1.25. The number of hydrogen-bond acceptors (Lipinski definition) is 5. The van der Waals surface area contributed by atoms with Crippen LogP contribution in [0.2, 0.25) is 0 Å². The van der Waals surface area contributed by atoms with Gasteiger partial charge in [-0.25, -0.2) is 8.78 Å². The van der Waals surface area contributed by atoms with Gasteiger partial charge in [0.2, 0.25) is 0 Å². The van der Waals surface area contributed by atoms with E-state index < -0.39 is 11.6 Å². The fourth-order valence-corrected chi connectivity index (χ4v) is 3.26. The van der Waals surface area contributed by atoms with E-state index in [0.29, 0.717) is 12.1 Å². The van der Waals surface area contributed by atoms with Gasteiger partial charge in [0.15, 0.2) is 11.6 Å². The van der Waals surface area contributed by atoms with Crippen molar-refractivity contribution in [3.63, 3.8) is 0 Å². The molecule has 8 heteroatoms. The van der Waals surface area contributed by atoms with E-state index in [1.54, 1.807) is 23.8 Å². The lowest BCUT2D eigenvalue weighted by molar-refractivity contribution is -0.119. The van der Waals surface area contributed by atoms with Crippen LogP contribution in [0.3, 0.4) is 0 Å². The van der Waals surface area contributed by atoms with Crippen molar-refractivity contribution < 1.29 is 18.3 Å². The Hall–Kier alpha value is -3.03. The molecule has 0 fully saturated rings. The number of ketones is 1. The van der Waals surface area contributed by atoms with E-state index in [-0.39, 0.29) is 41.5 Å². The van der Waals surface area contributed by atoms with Gasteiger partial charge in [-0.05, 0) is 45.0 Å². The molecule has 0 aromatic carbocycles. The summed E-state index contributed by atoms with van der Waals surface area (Å²) in [6, 6.07) is 3.12. The zero-order valence-corrected chi connectivity index (χ0v) is 15.8. The molecule has 148 valence electrons. The molecule has 0 amide bonds. The summed E-state index contributed by atoms with van der Waals surface area (Å²) < 4.78 is 33.7. The number of Topliss-reactive ketones (excluding diaryl/α,β-unsaturated/α-hetero) is 1. The number of aromatic nitrogens is 2. The van der Waals surface area contributed by atoms with Gasteiger partial charge in [-0.15, -0.1) is 0 Å². The van der Waals surface area contributed by atoms with Crippen molar-refractivity contribution in [2.75, 3.05) is 0 Å². The maximum absolute atomic E-state index is 13.7. The molecule has 0 saturated heterocycles. The third-order valence-electron chi connectivity index (χ3n) is 4.79. The van der Waals surface area contributed by atoms with Gasteiger partial charge in [0, 0.05) is 17.8 Å². The standard InChI is InChI=1S/C20H21F2N3O3/c1-11-8-23-17(13(3)26)7-19(11)25-12(2)4-15(6-20(25)27)28-10-18-16(22)5-14(21)9-24-18/h4-6,8-9,17,19,23H,7,10H2,1-3H3/t17-,19-/m1/s1. The number of aryl methyl sites for hydroxylation is 1. The van der Waals surface area contributed by atoms with E-state index in [2.05, 4.69) is 10.3 Å². The first-order valence-electron chi connectivity index (χ1n) is 8.85. The van der Waals surface area contributed by atoms with Crippen molar-refractivity contribution in [1.82, 2.24) is 14.9 Å². The number of nitrogens with one attached hydrogen (secondary N) is 1. The molecule has 0 aliphatic carbocycles. The quantitative estimate of drug-likeness (QED) is 0.851. The number of nitrogens with zero attached hydrogens (tertiary/aromatic N) is 2. The lowest BCUT2D eigenvalue weighted by Gasteiger charge is -2.31. The molecule has 0 radical (unpaired) electrons. The predicted octanol–water partition coefficient (Wildman–Crippen LogP) is 2.80. The van der Waals surface area contributed by atoms with E-state index in [1.165, 1.54) is 13.0 Å². The first-order chi connectivity index (χ1) is 13.3. The smallest absolute Gasteiger partial charge is 0.255 e. The van der Waals surface area contributed by atoms with E-state index >= 15 is 0 Å². The van der Waals surface area contributed by atoms with E-state index in [1.807, 2.05) is 6.92 Å². The van der Waals surface area contributed by atoms with Gasteiger partial charge in [0.25, 0.3) is 5.56 Å². The number of halogens is 2. The van der Waals surface area contributed by atoms with Crippen molar-refractivity contribution in [2.45, 2.75) is 45.9 Å². The first-order valence-corrected chi connectivity index (χ1v) is 8.85. The zero-order valence-electron chi connectivity index (χ0n) is 15.8. The number of allylic oxidation sites excluding steroid dienone is 1. The van der Waals surface area contributed by atoms with Crippen molar-refractivity contribution in [3.05, 3.63) is 69.5 Å². The van der Waals surface area contributed by atoms with Crippen LogP contribution in [0.15, 0.2) is 41.0 Å². The zero-order chi connectivity index (χ0) is 20.4. The first kappa shape index (κ1) is 19.7. The average molecular weight is 389 g/mol. The highest BCUT2D eigenvalue weighted by atomic mass is 19.1.